The number of nitrogens with zero attached hydrogens (tertiary/aromatic N) is 2. The van der Waals surface area contributed by atoms with Gasteiger partial charge in [-0.25, -0.2) is 4.98 Å². The van der Waals surface area contributed by atoms with Crippen LogP contribution < -0.4 is 5.32 Å². The second kappa shape index (κ2) is 12.0. The van der Waals surface area contributed by atoms with Gasteiger partial charge >= 0.3 is 0 Å². The van der Waals surface area contributed by atoms with Crippen LogP contribution in [0.2, 0.25) is 0 Å². The van der Waals surface area contributed by atoms with E-state index in [1.807, 2.05) is 26.3 Å². The number of ether oxygens (including phenoxy) is 2. The second-order valence-electron chi connectivity index (χ2n) is 5.45. The molecular weight excluding hydrogens is 373 g/mol. The number of thiazole rings is 1. The standard InChI is InChI=1S/C15H25N3O3S.2ClH/c1-4-21-11(2)15-17-13(10-22-15)8-18(3)14(19)7-12-9-20-6-5-16-12;;/h10-12,16H,4-9H2,1-3H3;2*1H. The van der Waals surface area contributed by atoms with Gasteiger partial charge < -0.3 is 19.7 Å². The van der Waals surface area contributed by atoms with Gasteiger partial charge in [0.15, 0.2) is 0 Å². The first-order valence-electron chi connectivity index (χ1n) is 7.71. The van der Waals surface area contributed by atoms with Gasteiger partial charge in [0.1, 0.15) is 11.1 Å². The number of rotatable bonds is 7. The summed E-state index contributed by atoms with van der Waals surface area (Å²) in [6.07, 6.45) is 0.469. The topological polar surface area (TPSA) is 63.7 Å². The summed E-state index contributed by atoms with van der Waals surface area (Å²) in [5.74, 6) is 0.107. The van der Waals surface area contributed by atoms with Crippen molar-refractivity contribution in [2.24, 2.45) is 0 Å². The average Bonchev–Trinajstić information content (AvgIpc) is 2.97. The lowest BCUT2D eigenvalue weighted by atomic mass is 10.2. The summed E-state index contributed by atoms with van der Waals surface area (Å²) in [5.41, 5.74) is 0.912. The van der Waals surface area contributed by atoms with Crippen LogP contribution in [0, 0.1) is 0 Å². The molecule has 1 amide bonds. The van der Waals surface area contributed by atoms with E-state index in [1.165, 1.54) is 0 Å². The van der Waals surface area contributed by atoms with Crippen LogP contribution in [-0.4, -0.2) is 55.2 Å². The van der Waals surface area contributed by atoms with E-state index in [1.54, 1.807) is 16.2 Å². The summed E-state index contributed by atoms with van der Waals surface area (Å²) >= 11 is 1.58. The van der Waals surface area contributed by atoms with E-state index < -0.39 is 0 Å². The van der Waals surface area contributed by atoms with Crippen molar-refractivity contribution < 1.29 is 14.3 Å². The van der Waals surface area contributed by atoms with Gasteiger partial charge in [0, 0.05) is 38.0 Å². The summed E-state index contributed by atoms with van der Waals surface area (Å²) in [6.45, 7) is 7.31. The number of hydrogen-bond donors (Lipinski definition) is 1. The Morgan fingerprint density at radius 3 is 2.96 bits per heavy atom. The number of amides is 1. The van der Waals surface area contributed by atoms with Crippen LogP contribution >= 0.6 is 36.2 Å². The maximum Gasteiger partial charge on any atom is 0.224 e. The maximum atomic E-state index is 12.2. The van der Waals surface area contributed by atoms with Crippen LogP contribution in [0.4, 0.5) is 0 Å². The molecular formula is C15H27Cl2N3O3S. The van der Waals surface area contributed by atoms with E-state index in [4.69, 9.17) is 9.47 Å². The predicted octanol–water partition coefficient (Wildman–Crippen LogP) is 2.42. The second-order valence-corrected chi connectivity index (χ2v) is 6.34. The minimum absolute atomic E-state index is 0. The predicted molar refractivity (Wildman–Crippen MR) is 100 cm³/mol. The molecule has 1 aromatic rings. The van der Waals surface area contributed by atoms with E-state index in [2.05, 4.69) is 10.3 Å². The summed E-state index contributed by atoms with van der Waals surface area (Å²) in [4.78, 5) is 18.5. The number of morpholine rings is 1. The Morgan fingerprint density at radius 1 is 1.58 bits per heavy atom. The Kier molecular flexibility index (Phi) is 11.8. The van der Waals surface area contributed by atoms with Crippen molar-refractivity contribution in [3.8, 4) is 0 Å². The van der Waals surface area contributed by atoms with Crippen molar-refractivity contribution in [2.45, 2.75) is 39.0 Å². The summed E-state index contributed by atoms with van der Waals surface area (Å²) in [6, 6.07) is 0.118. The number of aromatic nitrogens is 1. The Morgan fingerprint density at radius 2 is 2.33 bits per heavy atom. The number of nitrogens with one attached hydrogen (secondary N) is 1. The molecule has 2 heterocycles. The summed E-state index contributed by atoms with van der Waals surface area (Å²) in [5, 5.41) is 6.25. The third-order valence-electron chi connectivity index (χ3n) is 3.58. The maximum absolute atomic E-state index is 12.2. The fourth-order valence-electron chi connectivity index (χ4n) is 2.35. The normalized spacial score (nSPS) is 18.2. The molecule has 24 heavy (non-hydrogen) atoms. The molecule has 0 radical (unpaired) electrons. The van der Waals surface area contributed by atoms with Crippen LogP contribution in [0.15, 0.2) is 5.38 Å². The molecule has 2 unspecified atom stereocenters. The Labute approximate surface area is 160 Å². The molecule has 1 aliphatic rings. The SMILES string of the molecule is CCOC(C)c1nc(CN(C)C(=O)CC2COCCN2)cs1.Cl.Cl. The van der Waals surface area contributed by atoms with E-state index in [-0.39, 0.29) is 42.9 Å². The summed E-state index contributed by atoms with van der Waals surface area (Å²) in [7, 11) is 1.82. The van der Waals surface area contributed by atoms with Crippen LogP contribution in [0.1, 0.15) is 37.1 Å². The molecule has 0 spiro atoms. The fourth-order valence-corrected chi connectivity index (χ4v) is 3.17. The molecule has 2 rings (SSSR count). The molecule has 1 N–H and O–H groups in total. The largest absolute Gasteiger partial charge is 0.378 e. The molecule has 1 saturated heterocycles. The Balaban J connectivity index is 0.00000264. The Hall–Kier alpha value is -0.440. The minimum atomic E-state index is 0. The fraction of sp³-hybridized carbons (Fsp3) is 0.733. The first-order valence-corrected chi connectivity index (χ1v) is 8.59. The quantitative estimate of drug-likeness (QED) is 0.762. The first-order chi connectivity index (χ1) is 10.6. The third-order valence-corrected chi connectivity index (χ3v) is 4.63. The molecule has 1 aromatic heterocycles. The highest BCUT2D eigenvalue weighted by Crippen LogP contribution is 2.21. The average molecular weight is 400 g/mol. The van der Waals surface area contributed by atoms with Crippen molar-refractivity contribution in [3.05, 3.63) is 16.1 Å². The third kappa shape index (κ3) is 7.21. The monoisotopic (exact) mass is 399 g/mol. The van der Waals surface area contributed by atoms with Gasteiger partial charge in [-0.15, -0.1) is 36.2 Å². The van der Waals surface area contributed by atoms with Crippen molar-refractivity contribution >= 4 is 42.1 Å². The van der Waals surface area contributed by atoms with Gasteiger partial charge in [0.2, 0.25) is 5.91 Å². The molecule has 6 nitrogen and oxygen atoms in total. The zero-order valence-corrected chi connectivity index (χ0v) is 16.8. The number of carbonyl (C=O) groups excluding carboxylic acids is 1. The first kappa shape index (κ1) is 23.6. The molecule has 2 atom stereocenters. The lowest BCUT2D eigenvalue weighted by molar-refractivity contribution is -0.131. The molecule has 140 valence electrons. The van der Waals surface area contributed by atoms with Crippen molar-refractivity contribution in [1.82, 2.24) is 15.2 Å². The van der Waals surface area contributed by atoms with Gasteiger partial charge in [-0.3, -0.25) is 4.79 Å². The van der Waals surface area contributed by atoms with E-state index in [0.717, 1.165) is 23.9 Å². The zero-order valence-electron chi connectivity index (χ0n) is 14.3. The van der Waals surface area contributed by atoms with Crippen LogP contribution in [0.5, 0.6) is 0 Å². The molecule has 0 bridgehead atoms. The lowest BCUT2D eigenvalue weighted by Gasteiger charge is -2.25. The molecule has 1 fully saturated rings. The Bertz CT molecular complexity index is 484. The summed E-state index contributed by atoms with van der Waals surface area (Å²) < 4.78 is 10.9. The molecule has 0 aliphatic carbocycles. The van der Waals surface area contributed by atoms with E-state index >= 15 is 0 Å². The minimum Gasteiger partial charge on any atom is -0.378 e. The highest BCUT2D eigenvalue weighted by atomic mass is 35.5. The van der Waals surface area contributed by atoms with Crippen LogP contribution in [-0.2, 0) is 20.8 Å². The van der Waals surface area contributed by atoms with Crippen molar-refractivity contribution in [3.63, 3.8) is 0 Å². The smallest absolute Gasteiger partial charge is 0.224 e. The molecule has 9 heteroatoms. The van der Waals surface area contributed by atoms with Gasteiger partial charge in [-0.2, -0.15) is 0 Å². The molecule has 0 aromatic carbocycles. The number of halogens is 2. The highest BCUT2D eigenvalue weighted by molar-refractivity contribution is 7.09. The van der Waals surface area contributed by atoms with Gasteiger partial charge in [0.05, 0.1) is 25.5 Å². The highest BCUT2D eigenvalue weighted by Gasteiger charge is 2.20. The molecule has 0 saturated carbocycles. The van der Waals surface area contributed by atoms with Crippen molar-refractivity contribution in [1.29, 1.82) is 0 Å². The number of hydrogen-bond acceptors (Lipinski definition) is 6. The van der Waals surface area contributed by atoms with E-state index in [9.17, 15) is 4.79 Å². The van der Waals surface area contributed by atoms with Crippen LogP contribution in [0.3, 0.4) is 0 Å². The van der Waals surface area contributed by atoms with Gasteiger partial charge in [-0.1, -0.05) is 0 Å². The zero-order chi connectivity index (χ0) is 15.9. The van der Waals surface area contributed by atoms with E-state index in [0.29, 0.717) is 26.2 Å². The number of carbonyl (C=O) groups is 1. The molecule has 1 aliphatic heterocycles. The van der Waals surface area contributed by atoms with Crippen LogP contribution in [0.25, 0.3) is 0 Å². The lowest BCUT2D eigenvalue weighted by Crippen LogP contribution is -2.44. The van der Waals surface area contributed by atoms with Crippen molar-refractivity contribution in [2.75, 3.05) is 33.4 Å². The van der Waals surface area contributed by atoms with Gasteiger partial charge in [-0.05, 0) is 13.8 Å². The van der Waals surface area contributed by atoms with Gasteiger partial charge in [0.25, 0.3) is 0 Å².